The summed E-state index contributed by atoms with van der Waals surface area (Å²) >= 11 is 0. The summed E-state index contributed by atoms with van der Waals surface area (Å²) in [4.78, 5) is 31.1. The molecule has 3 aromatic heterocycles. The van der Waals surface area contributed by atoms with Crippen LogP contribution in [0, 0.1) is 0 Å². The van der Waals surface area contributed by atoms with Crippen LogP contribution in [0.3, 0.4) is 0 Å². The molecule has 4 heterocycles. The van der Waals surface area contributed by atoms with Crippen molar-refractivity contribution < 1.29 is 27.8 Å². The first-order valence-electron chi connectivity index (χ1n) is 13.3. The summed E-state index contributed by atoms with van der Waals surface area (Å²) in [6.45, 7) is 0.728. The average Bonchev–Trinajstić information content (AvgIpc) is 3.43. The number of nitrogens with one attached hydrogen (secondary N) is 1. The van der Waals surface area contributed by atoms with E-state index in [1.807, 2.05) is 12.1 Å². The Morgan fingerprint density at radius 3 is 2.52 bits per heavy atom. The first kappa shape index (κ1) is 28.1. The van der Waals surface area contributed by atoms with Gasteiger partial charge in [-0.25, -0.2) is 9.97 Å². The number of likely N-dealkylation sites (tertiary alicyclic amines) is 1. The summed E-state index contributed by atoms with van der Waals surface area (Å²) in [5, 5.41) is 14.9. The molecule has 1 atom stereocenters. The SMILES string of the molecule is O=C(COCc1cc(C(F)(F)F)ccn1)N1CC[C@H](NC2CCC(O)(c3ccc(-c4ncccn4)cn3)CC2)C1. The van der Waals surface area contributed by atoms with Crippen LogP contribution in [0.4, 0.5) is 13.2 Å². The van der Waals surface area contributed by atoms with Gasteiger partial charge in [-0.15, -0.1) is 0 Å². The number of carbonyl (C=O) groups is 1. The highest BCUT2D eigenvalue weighted by atomic mass is 19.4. The molecule has 1 saturated carbocycles. The number of hydrogen-bond donors (Lipinski definition) is 2. The molecule has 3 aromatic rings. The third-order valence-electron chi connectivity index (χ3n) is 7.51. The van der Waals surface area contributed by atoms with Gasteiger partial charge in [0.25, 0.3) is 0 Å². The topological polar surface area (TPSA) is 113 Å². The fourth-order valence-corrected chi connectivity index (χ4v) is 5.29. The van der Waals surface area contributed by atoms with Crippen LogP contribution in [0.1, 0.15) is 49.1 Å². The number of nitrogens with zero attached hydrogens (tertiary/aromatic N) is 5. The van der Waals surface area contributed by atoms with Gasteiger partial charge in [0, 0.05) is 55.5 Å². The van der Waals surface area contributed by atoms with E-state index in [9.17, 15) is 23.1 Å². The van der Waals surface area contributed by atoms with Crippen molar-refractivity contribution in [3.63, 3.8) is 0 Å². The number of carbonyl (C=O) groups excluding carboxylic acids is 1. The molecule has 12 heteroatoms. The monoisotopic (exact) mass is 556 g/mol. The Morgan fingerprint density at radius 2 is 1.82 bits per heavy atom. The summed E-state index contributed by atoms with van der Waals surface area (Å²) < 4.78 is 43.9. The fraction of sp³-hybridized carbons (Fsp3) is 0.464. The Bertz CT molecular complexity index is 1280. The maximum atomic E-state index is 12.9. The molecule has 0 unspecified atom stereocenters. The van der Waals surface area contributed by atoms with Crippen molar-refractivity contribution in [2.75, 3.05) is 19.7 Å². The van der Waals surface area contributed by atoms with Crippen LogP contribution in [0.2, 0.25) is 0 Å². The average molecular weight is 557 g/mol. The second-order valence-corrected chi connectivity index (χ2v) is 10.3. The van der Waals surface area contributed by atoms with Crippen molar-refractivity contribution in [3.8, 4) is 11.4 Å². The highest BCUT2D eigenvalue weighted by Crippen LogP contribution is 2.37. The predicted molar refractivity (Wildman–Crippen MR) is 138 cm³/mol. The lowest BCUT2D eigenvalue weighted by atomic mass is 9.79. The zero-order chi connectivity index (χ0) is 28.2. The molecule has 1 saturated heterocycles. The second kappa shape index (κ2) is 11.9. The van der Waals surface area contributed by atoms with Crippen molar-refractivity contribution in [3.05, 3.63) is 72.1 Å². The summed E-state index contributed by atoms with van der Waals surface area (Å²) in [7, 11) is 0. The highest BCUT2D eigenvalue weighted by molar-refractivity contribution is 5.77. The molecular weight excluding hydrogens is 525 g/mol. The first-order chi connectivity index (χ1) is 19.2. The molecule has 0 spiro atoms. The largest absolute Gasteiger partial charge is 0.416 e. The van der Waals surface area contributed by atoms with Gasteiger partial charge < -0.3 is 20.1 Å². The maximum absolute atomic E-state index is 12.9. The summed E-state index contributed by atoms with van der Waals surface area (Å²) in [5.74, 6) is 0.384. The van der Waals surface area contributed by atoms with Crippen molar-refractivity contribution in [1.82, 2.24) is 30.2 Å². The van der Waals surface area contributed by atoms with Crippen LogP contribution in [0.25, 0.3) is 11.4 Å². The van der Waals surface area contributed by atoms with Gasteiger partial charge in [0.15, 0.2) is 5.82 Å². The van der Waals surface area contributed by atoms with Gasteiger partial charge in [0.05, 0.1) is 23.6 Å². The number of alkyl halides is 3. The van der Waals surface area contributed by atoms with E-state index < -0.39 is 17.3 Å². The van der Waals surface area contributed by atoms with Crippen LogP contribution in [0.5, 0.6) is 0 Å². The summed E-state index contributed by atoms with van der Waals surface area (Å²) in [5.41, 5.74) is -0.228. The number of rotatable bonds is 8. The van der Waals surface area contributed by atoms with Crippen LogP contribution in [-0.2, 0) is 27.9 Å². The van der Waals surface area contributed by atoms with Gasteiger partial charge in [0.2, 0.25) is 5.91 Å². The molecule has 5 rings (SSSR count). The lowest BCUT2D eigenvalue weighted by molar-refractivity contribution is -0.138. The first-order valence-corrected chi connectivity index (χ1v) is 13.3. The summed E-state index contributed by atoms with van der Waals surface area (Å²) in [6.07, 6.45) is 5.17. The van der Waals surface area contributed by atoms with E-state index >= 15 is 0 Å². The molecule has 1 aliphatic carbocycles. The molecule has 2 N–H and O–H groups in total. The van der Waals surface area contributed by atoms with E-state index in [1.165, 1.54) is 0 Å². The smallest absolute Gasteiger partial charge is 0.384 e. The highest BCUT2D eigenvalue weighted by Gasteiger charge is 2.37. The number of aliphatic hydroxyl groups is 1. The van der Waals surface area contributed by atoms with Gasteiger partial charge in [-0.3, -0.25) is 14.8 Å². The molecule has 1 amide bonds. The molecule has 0 bridgehead atoms. The van der Waals surface area contributed by atoms with Gasteiger partial charge in [-0.2, -0.15) is 13.2 Å². The molecule has 212 valence electrons. The predicted octanol–water partition coefficient (Wildman–Crippen LogP) is 3.49. The number of pyridine rings is 2. The van der Waals surface area contributed by atoms with E-state index in [-0.39, 0.29) is 36.9 Å². The third kappa shape index (κ3) is 6.80. The molecule has 0 radical (unpaired) electrons. The van der Waals surface area contributed by atoms with Gasteiger partial charge in [0.1, 0.15) is 12.2 Å². The zero-order valence-corrected chi connectivity index (χ0v) is 21.8. The van der Waals surface area contributed by atoms with Crippen molar-refractivity contribution >= 4 is 5.91 Å². The Hall–Kier alpha value is -3.48. The Kier molecular flexibility index (Phi) is 8.38. The van der Waals surface area contributed by atoms with E-state index in [2.05, 4.69) is 25.3 Å². The molecule has 2 fully saturated rings. The molecule has 2 aliphatic rings. The molecule has 0 aromatic carbocycles. The van der Waals surface area contributed by atoms with E-state index in [0.29, 0.717) is 37.4 Å². The second-order valence-electron chi connectivity index (χ2n) is 10.3. The number of ether oxygens (including phenoxy) is 1. The fourth-order valence-electron chi connectivity index (χ4n) is 5.29. The zero-order valence-electron chi connectivity index (χ0n) is 21.8. The van der Waals surface area contributed by atoms with Crippen molar-refractivity contribution in [2.45, 2.75) is 62.6 Å². The minimum absolute atomic E-state index is 0.122. The van der Waals surface area contributed by atoms with Crippen LogP contribution in [-0.4, -0.2) is 67.6 Å². The molecule has 9 nitrogen and oxygen atoms in total. The van der Waals surface area contributed by atoms with E-state index in [1.54, 1.807) is 29.6 Å². The van der Waals surface area contributed by atoms with Gasteiger partial charge in [-0.1, -0.05) is 0 Å². The van der Waals surface area contributed by atoms with Crippen LogP contribution in [0.15, 0.2) is 55.1 Å². The number of aromatic nitrogens is 4. The third-order valence-corrected chi connectivity index (χ3v) is 7.51. The quantitative estimate of drug-likeness (QED) is 0.434. The lowest BCUT2D eigenvalue weighted by Gasteiger charge is -2.37. The van der Waals surface area contributed by atoms with Crippen molar-refractivity contribution in [1.29, 1.82) is 0 Å². The number of hydrogen-bond acceptors (Lipinski definition) is 8. The standard InChI is InChI=1S/C28H31F3N6O3/c29-28(30,31)20-6-12-32-23(14-20)17-40-18-25(38)37-13-7-22(16-37)36-21-4-8-27(39,9-5-21)24-3-2-19(15-35-24)26-33-10-1-11-34-26/h1-3,6,10-12,14-15,21-22,36,39H,4-5,7-9,13,16-18H2/t21?,22-,27?/m0/s1. The molecule has 1 aliphatic heterocycles. The molecular formula is C28H31F3N6O3. The Labute approximate surface area is 229 Å². The normalized spacial score (nSPS) is 23.4. The number of halogens is 3. The Balaban J connectivity index is 1.05. The maximum Gasteiger partial charge on any atom is 0.416 e. The van der Waals surface area contributed by atoms with Crippen LogP contribution >= 0.6 is 0 Å². The van der Waals surface area contributed by atoms with E-state index in [4.69, 9.17) is 4.74 Å². The van der Waals surface area contributed by atoms with Gasteiger partial charge >= 0.3 is 6.18 Å². The van der Waals surface area contributed by atoms with Crippen LogP contribution < -0.4 is 5.32 Å². The Morgan fingerprint density at radius 1 is 1.05 bits per heavy atom. The summed E-state index contributed by atoms with van der Waals surface area (Å²) in [6, 6.07) is 7.65. The van der Waals surface area contributed by atoms with E-state index in [0.717, 1.165) is 43.2 Å². The molecule has 40 heavy (non-hydrogen) atoms. The lowest BCUT2D eigenvalue weighted by Crippen LogP contribution is -2.45. The minimum atomic E-state index is -4.46. The minimum Gasteiger partial charge on any atom is -0.384 e. The number of amides is 1. The van der Waals surface area contributed by atoms with Gasteiger partial charge in [-0.05, 0) is 62.4 Å². The van der Waals surface area contributed by atoms with Crippen molar-refractivity contribution in [2.24, 2.45) is 0 Å².